The Kier molecular flexibility index (Phi) is 13.8. The van der Waals surface area contributed by atoms with E-state index in [-0.39, 0.29) is 64.4 Å². The third kappa shape index (κ3) is 9.07. The molecule has 0 aliphatic heterocycles. The van der Waals surface area contributed by atoms with E-state index >= 15 is 8.78 Å². The maximum absolute atomic E-state index is 16.5. The molecule has 0 spiro atoms. The fourth-order valence-electron chi connectivity index (χ4n) is 16.3. The third-order valence-electron chi connectivity index (χ3n) is 19.6. The number of hydrogen-bond acceptors (Lipinski definition) is 8. The molecule has 13 heteroatoms. The summed E-state index contributed by atoms with van der Waals surface area (Å²) in [4.78, 5) is 32.9. The van der Waals surface area contributed by atoms with Gasteiger partial charge in [-0.1, -0.05) is 29.8 Å². The smallest absolute Gasteiger partial charge is 0.164 e. The number of aromatic nitrogens is 2. The molecule has 65 heavy (non-hydrogen) atoms. The van der Waals surface area contributed by atoms with Crippen LogP contribution in [0.2, 0.25) is 0 Å². The van der Waals surface area contributed by atoms with Gasteiger partial charge in [-0.2, -0.15) is 0 Å². The Morgan fingerprint density at radius 3 is 1.58 bits per heavy atom. The van der Waals surface area contributed by atoms with Gasteiger partial charge in [-0.25, -0.2) is 17.6 Å². The predicted octanol–water partition coefficient (Wildman–Crippen LogP) is 11.2. The van der Waals surface area contributed by atoms with Crippen LogP contribution in [0.25, 0.3) is 0 Å². The second kappa shape index (κ2) is 18.4. The number of anilines is 2. The minimum atomic E-state index is -1.16. The van der Waals surface area contributed by atoms with E-state index in [1.165, 1.54) is 18.5 Å². The molecule has 8 aliphatic carbocycles. The van der Waals surface area contributed by atoms with E-state index in [4.69, 9.17) is 5.73 Å². The van der Waals surface area contributed by atoms with E-state index in [9.17, 15) is 28.6 Å². The number of halogens is 5. The molecule has 0 aromatic carbocycles. The van der Waals surface area contributed by atoms with Gasteiger partial charge in [0.2, 0.25) is 0 Å². The predicted molar refractivity (Wildman–Crippen MR) is 248 cm³/mol. The zero-order chi connectivity index (χ0) is 46.7. The van der Waals surface area contributed by atoms with E-state index in [1.54, 1.807) is 6.07 Å². The Morgan fingerprint density at radius 2 is 1.14 bits per heavy atom. The lowest BCUT2D eigenvalue weighted by molar-refractivity contribution is -0.165. The highest BCUT2D eigenvalue weighted by molar-refractivity contribution is 9.09. The first-order valence-electron chi connectivity index (χ1n) is 24.8. The minimum absolute atomic E-state index is 0.0308. The highest BCUT2D eigenvalue weighted by atomic mass is 79.9. The molecule has 360 valence electrons. The largest absolute Gasteiger partial charge is 0.396 e. The Hall–Kier alpha value is -2.64. The van der Waals surface area contributed by atoms with Crippen molar-refractivity contribution in [3.63, 3.8) is 0 Å². The normalized spacial score (nSPS) is 44.7. The Bertz CT molecular complexity index is 2040. The van der Waals surface area contributed by atoms with Crippen molar-refractivity contribution in [2.75, 3.05) is 22.9 Å². The van der Waals surface area contributed by atoms with Crippen molar-refractivity contribution in [1.29, 1.82) is 0 Å². The average Bonchev–Trinajstić information content (AvgIpc) is 3.82. The zero-order valence-corrected chi connectivity index (χ0v) is 40.5. The minimum Gasteiger partial charge on any atom is -0.396 e. The monoisotopic (exact) mass is 972 g/mol. The van der Waals surface area contributed by atoms with Crippen molar-refractivity contribution >= 4 is 38.9 Å². The lowest BCUT2D eigenvalue weighted by atomic mass is 9.48. The molecule has 0 radical (unpaired) electrons. The number of pyridine rings is 2. The summed E-state index contributed by atoms with van der Waals surface area (Å²) >= 11 is 3.37. The molecule has 2 aromatic rings. The molecule has 0 amide bonds. The molecule has 5 N–H and O–H groups in total. The van der Waals surface area contributed by atoms with Crippen molar-refractivity contribution in [3.8, 4) is 0 Å². The van der Waals surface area contributed by atoms with Crippen LogP contribution in [0.3, 0.4) is 0 Å². The number of Topliss-reactive ketones (excluding diaryl/α,β-unsaturated/α-hetero) is 2. The summed E-state index contributed by atoms with van der Waals surface area (Å²) < 4.78 is 58.7. The molecule has 0 unspecified atom stereocenters. The molecular weight excluding hydrogens is 900 g/mol. The van der Waals surface area contributed by atoms with E-state index in [1.807, 2.05) is 13.8 Å². The van der Waals surface area contributed by atoms with Gasteiger partial charge in [0.25, 0.3) is 0 Å². The number of ketones is 2. The number of nitrogens with two attached hydrogens (primary N) is 1. The Labute approximate surface area is 392 Å². The van der Waals surface area contributed by atoms with Gasteiger partial charge in [-0.15, -0.1) is 0 Å². The van der Waals surface area contributed by atoms with Gasteiger partial charge in [-0.3, -0.25) is 19.6 Å². The molecule has 0 bridgehead atoms. The van der Waals surface area contributed by atoms with E-state index in [0.29, 0.717) is 79.0 Å². The van der Waals surface area contributed by atoms with Crippen LogP contribution in [0, 0.1) is 81.6 Å². The van der Waals surface area contributed by atoms with Gasteiger partial charge in [0.15, 0.2) is 17.4 Å². The summed E-state index contributed by atoms with van der Waals surface area (Å²) in [5, 5.41) is 24.4. The van der Waals surface area contributed by atoms with E-state index < -0.39 is 34.2 Å². The van der Waals surface area contributed by atoms with Crippen molar-refractivity contribution in [3.05, 3.63) is 48.6 Å². The van der Waals surface area contributed by atoms with Crippen molar-refractivity contribution < 1.29 is 37.4 Å². The number of fused-ring (bicyclic) bond motifs is 10. The molecule has 8 aliphatic rings. The quantitative estimate of drug-likeness (QED) is 0.166. The molecule has 8 nitrogen and oxygen atoms in total. The third-order valence-corrected chi connectivity index (χ3v) is 20.1. The number of carbonyl (C=O) groups is 2. The molecule has 2 heterocycles. The van der Waals surface area contributed by atoms with Crippen molar-refractivity contribution in [1.82, 2.24) is 9.97 Å². The first-order chi connectivity index (χ1) is 30.7. The number of nitrogens with one attached hydrogen (secondary N) is 1. The zero-order valence-electron chi connectivity index (χ0n) is 39.0. The lowest BCUT2D eigenvalue weighted by Crippen LogP contribution is -2.58. The highest BCUT2D eigenvalue weighted by Crippen LogP contribution is 2.68. The van der Waals surface area contributed by atoms with Crippen LogP contribution in [-0.2, 0) is 9.59 Å². The van der Waals surface area contributed by atoms with Gasteiger partial charge >= 0.3 is 0 Å². The maximum atomic E-state index is 16.5. The van der Waals surface area contributed by atoms with Gasteiger partial charge in [0.05, 0.1) is 46.8 Å². The second-order valence-corrected chi connectivity index (χ2v) is 23.6. The van der Waals surface area contributed by atoms with Crippen LogP contribution in [0.1, 0.15) is 143 Å². The number of nitrogen functional groups attached to an aromatic ring is 1. The van der Waals surface area contributed by atoms with E-state index in [2.05, 4.69) is 45.1 Å². The van der Waals surface area contributed by atoms with Crippen molar-refractivity contribution in [2.24, 2.45) is 70.0 Å². The summed E-state index contributed by atoms with van der Waals surface area (Å²) in [5.74, 6) is 1.56. The topological polar surface area (TPSA) is 138 Å². The standard InChI is InChI=1S/C26H36F2N2O2.C21H32BrFO2.C5H5FN2/c1-24(32)10-11-26(28)16(13-24)3-4-17-18-5-6-20(25(18,2)9-7-19(17)26)23(31)15-30-22-8-12-29-14-21(22)27;1-19(25)9-10-21(23)13(11-19)3-4-14-15-5-6-17(18(24)12-22)20(15,2)8-7-16(14)21;6-4-3-8-2-1-5(4)7/h8,12,14,16-20,32H,3-7,9-11,13,15H2,1-2H3,(H,29,30);13-17,25H,3-12H2,1-2H3;1-3H,(H2,7,8)/t16-,17+,18+,19+,20-,24-,25+,26-;13-,14+,15+,16+,17-,19-,20+,21-;/m11./s1. The van der Waals surface area contributed by atoms with Crippen LogP contribution in [0.15, 0.2) is 36.9 Å². The summed E-state index contributed by atoms with van der Waals surface area (Å²) in [5.41, 5.74) is 1.88. The molecule has 2 aromatic heterocycles. The van der Waals surface area contributed by atoms with Crippen molar-refractivity contribution in [2.45, 2.75) is 166 Å². The number of aliphatic hydroxyl groups is 2. The summed E-state index contributed by atoms with van der Waals surface area (Å²) in [7, 11) is 0. The second-order valence-electron chi connectivity index (χ2n) is 23.1. The molecule has 0 saturated heterocycles. The number of nitrogens with zero attached hydrogens (tertiary/aromatic N) is 2. The first-order valence-corrected chi connectivity index (χ1v) is 25.9. The van der Waals surface area contributed by atoms with Gasteiger partial charge in [0, 0.05) is 24.2 Å². The molecule has 8 saturated carbocycles. The summed E-state index contributed by atoms with van der Waals surface area (Å²) in [6.07, 6.45) is 19.9. The van der Waals surface area contributed by atoms with Crippen LogP contribution >= 0.6 is 15.9 Å². The van der Waals surface area contributed by atoms with Crippen LogP contribution < -0.4 is 11.1 Å². The van der Waals surface area contributed by atoms with Gasteiger partial charge in [-0.05, 0) is 200 Å². The fraction of sp³-hybridized carbons (Fsp3) is 0.769. The summed E-state index contributed by atoms with van der Waals surface area (Å²) in [6.45, 7) is 8.42. The summed E-state index contributed by atoms with van der Waals surface area (Å²) in [6, 6.07) is 2.96. The molecule has 16 atom stereocenters. The SMILES string of the molecule is C[C@@]1(O)CC[C@@]2(F)[C@H](CC[C@H]3[C@@H]4CC[C@H](C(=O)CBr)[C@@]4(C)CC[C@@H]32)C1.C[C@@]1(O)CC[C@@]2(F)[C@H](CC[C@H]3[C@@H]4CC[C@H](C(=O)CNc5ccncc5F)[C@@]4(C)CC[C@@H]32)C1.Nc1ccncc1F. The molecule has 10 rings (SSSR count). The number of carbonyl (C=O) groups excluding carboxylic acids is 2. The van der Waals surface area contributed by atoms with Gasteiger partial charge < -0.3 is 21.3 Å². The van der Waals surface area contributed by atoms with Gasteiger partial charge in [0.1, 0.15) is 17.1 Å². The molecule has 8 fully saturated rings. The number of hydrogen-bond donors (Lipinski definition) is 4. The number of alkyl halides is 3. The van der Waals surface area contributed by atoms with E-state index in [0.717, 1.165) is 89.4 Å². The maximum Gasteiger partial charge on any atom is 0.164 e. The molecular formula is C52H73BrF4N4O4. The average molecular weight is 974 g/mol. The van der Waals surface area contributed by atoms with Crippen LogP contribution in [-0.4, -0.2) is 66.2 Å². The lowest BCUT2D eigenvalue weighted by Gasteiger charge is -2.59. The van der Waals surface area contributed by atoms with Crippen LogP contribution in [0.5, 0.6) is 0 Å². The Morgan fingerprint density at radius 1 is 0.662 bits per heavy atom. The number of rotatable bonds is 6. The fourth-order valence-corrected chi connectivity index (χ4v) is 16.7. The highest BCUT2D eigenvalue weighted by Gasteiger charge is 2.65. The van der Waals surface area contributed by atoms with Crippen LogP contribution in [0.4, 0.5) is 28.9 Å². The Balaban J connectivity index is 0.000000155. The first kappa shape index (κ1) is 48.8.